The normalized spacial score (nSPS) is 11.6. The molecule has 1 rings (SSSR count). The van der Waals surface area contributed by atoms with E-state index < -0.39 is 24.0 Å². The van der Waals surface area contributed by atoms with Crippen molar-refractivity contribution in [3.05, 3.63) is 35.4 Å². The molecule has 0 fully saturated rings. The highest BCUT2D eigenvalue weighted by Crippen LogP contribution is 2.08. The van der Waals surface area contributed by atoms with Crippen molar-refractivity contribution in [3.63, 3.8) is 0 Å². The number of imide groups is 1. The largest absolute Gasteiger partial charge is 0.453 e. The number of Topliss-reactive ketones (excluding diaryl/α,β-unsaturated/α-hetero) is 1. The van der Waals surface area contributed by atoms with Gasteiger partial charge < -0.3 is 10.1 Å². The summed E-state index contributed by atoms with van der Waals surface area (Å²) >= 11 is 0. The molecule has 0 aliphatic rings. The zero-order valence-electron chi connectivity index (χ0n) is 14.9. The Morgan fingerprint density at radius 2 is 1.60 bits per heavy atom. The van der Waals surface area contributed by atoms with Gasteiger partial charge in [0.2, 0.25) is 0 Å². The van der Waals surface area contributed by atoms with Crippen LogP contribution in [-0.2, 0) is 14.3 Å². The van der Waals surface area contributed by atoms with Crippen LogP contribution in [0.5, 0.6) is 0 Å². The van der Waals surface area contributed by atoms with Gasteiger partial charge in [-0.3, -0.25) is 19.7 Å². The molecule has 2 N–H and O–H groups in total. The van der Waals surface area contributed by atoms with Crippen LogP contribution < -0.4 is 10.6 Å². The molecule has 1 atom stereocenters. The molecule has 0 radical (unpaired) electrons. The maximum atomic E-state index is 12.0. The van der Waals surface area contributed by atoms with E-state index in [1.54, 1.807) is 26.0 Å². The number of hydrogen-bond acceptors (Lipinski definition) is 5. The molecule has 25 heavy (non-hydrogen) atoms. The van der Waals surface area contributed by atoms with Crippen molar-refractivity contribution < 1.29 is 23.9 Å². The highest BCUT2D eigenvalue weighted by atomic mass is 16.5. The van der Waals surface area contributed by atoms with Crippen molar-refractivity contribution in [2.75, 3.05) is 0 Å². The number of aryl methyl sites for hydroxylation is 1. The molecule has 0 saturated carbocycles. The molecule has 0 bridgehead atoms. The lowest BCUT2D eigenvalue weighted by Gasteiger charge is -2.14. The van der Waals surface area contributed by atoms with Gasteiger partial charge in [-0.05, 0) is 27.7 Å². The van der Waals surface area contributed by atoms with E-state index >= 15 is 0 Å². The zero-order chi connectivity index (χ0) is 19.0. The lowest BCUT2D eigenvalue weighted by Crippen LogP contribution is -2.46. The second-order valence-electron chi connectivity index (χ2n) is 6.04. The maximum Gasteiger partial charge on any atom is 0.321 e. The SMILES string of the molecule is Cc1ccc(C(=O)CCC(=O)O[C@@H](C)C(=O)NC(=O)NC(C)C)cc1. The number of rotatable bonds is 7. The zero-order valence-corrected chi connectivity index (χ0v) is 14.9. The lowest BCUT2D eigenvalue weighted by molar-refractivity contribution is -0.154. The number of carbonyl (C=O) groups excluding carboxylic acids is 4. The molecule has 136 valence electrons. The van der Waals surface area contributed by atoms with Crippen LogP contribution in [0.4, 0.5) is 4.79 Å². The topological polar surface area (TPSA) is 102 Å². The van der Waals surface area contributed by atoms with Crippen molar-refractivity contribution in [1.82, 2.24) is 10.6 Å². The number of carbonyl (C=O) groups is 4. The van der Waals surface area contributed by atoms with Gasteiger partial charge in [0.15, 0.2) is 11.9 Å². The van der Waals surface area contributed by atoms with Gasteiger partial charge in [-0.2, -0.15) is 0 Å². The Kier molecular flexibility index (Phi) is 7.78. The van der Waals surface area contributed by atoms with Crippen LogP contribution in [0.1, 0.15) is 49.5 Å². The molecule has 7 nitrogen and oxygen atoms in total. The molecule has 7 heteroatoms. The van der Waals surface area contributed by atoms with E-state index in [1.165, 1.54) is 6.92 Å². The molecular weight excluding hydrogens is 324 g/mol. The minimum absolute atomic E-state index is 0.00985. The Labute approximate surface area is 147 Å². The van der Waals surface area contributed by atoms with E-state index in [9.17, 15) is 19.2 Å². The van der Waals surface area contributed by atoms with E-state index in [4.69, 9.17) is 4.74 Å². The Balaban J connectivity index is 2.40. The number of ether oxygens (including phenoxy) is 1. The van der Waals surface area contributed by atoms with Gasteiger partial charge >= 0.3 is 12.0 Å². The number of hydrogen-bond donors (Lipinski definition) is 2. The number of amides is 3. The second-order valence-corrected chi connectivity index (χ2v) is 6.04. The summed E-state index contributed by atoms with van der Waals surface area (Å²) in [6.45, 7) is 6.77. The summed E-state index contributed by atoms with van der Waals surface area (Å²) in [5.41, 5.74) is 1.56. The van der Waals surface area contributed by atoms with Crippen molar-refractivity contribution in [2.45, 2.75) is 52.7 Å². The number of benzene rings is 1. The fourth-order valence-corrected chi connectivity index (χ4v) is 1.92. The summed E-state index contributed by atoms with van der Waals surface area (Å²) in [6.07, 6.45) is -1.27. The Morgan fingerprint density at radius 3 is 2.16 bits per heavy atom. The lowest BCUT2D eigenvalue weighted by atomic mass is 10.1. The molecule has 3 amide bonds. The van der Waals surface area contributed by atoms with Crippen LogP contribution in [0, 0.1) is 6.92 Å². The first-order chi connectivity index (χ1) is 11.7. The van der Waals surface area contributed by atoms with E-state index in [0.717, 1.165) is 5.56 Å². The standard InChI is InChI=1S/C18H24N2O5/c1-11(2)19-18(24)20-17(23)13(4)25-16(22)10-9-15(21)14-7-5-12(3)6-8-14/h5-8,11,13H,9-10H2,1-4H3,(H2,19,20,23,24)/t13-/m0/s1. The van der Waals surface area contributed by atoms with Gasteiger partial charge in [-0.1, -0.05) is 29.8 Å². The minimum atomic E-state index is -1.13. The van der Waals surface area contributed by atoms with E-state index in [2.05, 4.69) is 10.6 Å². The first-order valence-electron chi connectivity index (χ1n) is 8.09. The summed E-state index contributed by atoms with van der Waals surface area (Å²) in [7, 11) is 0. The van der Waals surface area contributed by atoms with Crippen LogP contribution in [0.25, 0.3) is 0 Å². The quantitative estimate of drug-likeness (QED) is 0.580. The number of nitrogens with one attached hydrogen (secondary N) is 2. The summed E-state index contributed by atoms with van der Waals surface area (Å²) < 4.78 is 4.94. The predicted molar refractivity (Wildman–Crippen MR) is 92.1 cm³/mol. The fourth-order valence-electron chi connectivity index (χ4n) is 1.92. The highest BCUT2D eigenvalue weighted by Gasteiger charge is 2.20. The minimum Gasteiger partial charge on any atom is -0.453 e. The van der Waals surface area contributed by atoms with E-state index in [1.807, 2.05) is 19.1 Å². The second kappa shape index (κ2) is 9.56. The van der Waals surface area contributed by atoms with Gasteiger partial charge in [0.05, 0.1) is 6.42 Å². The van der Waals surface area contributed by atoms with Crippen molar-refractivity contribution in [2.24, 2.45) is 0 Å². The summed E-state index contributed by atoms with van der Waals surface area (Å²) in [4.78, 5) is 46.9. The predicted octanol–water partition coefficient (Wildman–Crippen LogP) is 2.12. The summed E-state index contributed by atoms with van der Waals surface area (Å²) in [6, 6.07) is 6.26. The van der Waals surface area contributed by atoms with E-state index in [0.29, 0.717) is 5.56 Å². The fraction of sp³-hybridized carbons (Fsp3) is 0.444. The molecule has 0 aliphatic heterocycles. The van der Waals surface area contributed by atoms with Gasteiger partial charge in [0.1, 0.15) is 0 Å². The Morgan fingerprint density at radius 1 is 1.00 bits per heavy atom. The van der Waals surface area contributed by atoms with Gasteiger partial charge in [0, 0.05) is 18.0 Å². The van der Waals surface area contributed by atoms with Crippen LogP contribution in [-0.4, -0.2) is 35.8 Å². The molecule has 1 aromatic rings. The average Bonchev–Trinajstić information content (AvgIpc) is 2.52. The molecule has 0 aliphatic carbocycles. The Bertz CT molecular complexity index is 637. The third-order valence-electron chi connectivity index (χ3n) is 3.26. The molecule has 0 aromatic heterocycles. The molecule has 0 saturated heterocycles. The van der Waals surface area contributed by atoms with Crippen molar-refractivity contribution >= 4 is 23.7 Å². The number of esters is 1. The van der Waals surface area contributed by atoms with E-state index in [-0.39, 0.29) is 24.7 Å². The third kappa shape index (κ3) is 7.60. The van der Waals surface area contributed by atoms with Gasteiger partial charge in [-0.25, -0.2) is 4.79 Å². The van der Waals surface area contributed by atoms with Crippen molar-refractivity contribution in [1.29, 1.82) is 0 Å². The Hall–Kier alpha value is -2.70. The first kappa shape index (κ1) is 20.3. The molecule has 0 spiro atoms. The van der Waals surface area contributed by atoms with Gasteiger partial charge in [-0.15, -0.1) is 0 Å². The van der Waals surface area contributed by atoms with Crippen LogP contribution in [0.15, 0.2) is 24.3 Å². The van der Waals surface area contributed by atoms with Crippen LogP contribution in [0.2, 0.25) is 0 Å². The average molecular weight is 348 g/mol. The molecule has 0 heterocycles. The van der Waals surface area contributed by atoms with Crippen molar-refractivity contribution in [3.8, 4) is 0 Å². The highest BCUT2D eigenvalue weighted by molar-refractivity contribution is 5.98. The summed E-state index contributed by atoms with van der Waals surface area (Å²) in [5, 5.41) is 4.57. The third-order valence-corrected chi connectivity index (χ3v) is 3.26. The number of urea groups is 1. The number of ketones is 1. The van der Waals surface area contributed by atoms with Crippen LogP contribution in [0.3, 0.4) is 0 Å². The van der Waals surface area contributed by atoms with Gasteiger partial charge in [0.25, 0.3) is 5.91 Å². The van der Waals surface area contributed by atoms with Crippen LogP contribution >= 0.6 is 0 Å². The smallest absolute Gasteiger partial charge is 0.321 e. The first-order valence-corrected chi connectivity index (χ1v) is 8.09. The maximum absolute atomic E-state index is 12.0. The molecular formula is C18H24N2O5. The molecule has 1 aromatic carbocycles. The monoisotopic (exact) mass is 348 g/mol. The molecule has 0 unspecified atom stereocenters. The summed E-state index contributed by atoms with van der Waals surface area (Å²) in [5.74, 6) is -1.57.